The smallest absolute Gasteiger partial charge is 0.282 e. The van der Waals surface area contributed by atoms with E-state index in [1.54, 1.807) is 28.8 Å². The van der Waals surface area contributed by atoms with E-state index in [2.05, 4.69) is 0 Å². The quantitative estimate of drug-likeness (QED) is 0.275. The monoisotopic (exact) mass is 334 g/mol. The molecule has 0 aliphatic heterocycles. The highest BCUT2D eigenvalue weighted by molar-refractivity contribution is 7.88. The van der Waals surface area contributed by atoms with Crippen LogP contribution in [0.25, 0.3) is 0 Å². The molecule has 2 rings (SSSR count). The van der Waals surface area contributed by atoms with Crippen molar-refractivity contribution in [3.63, 3.8) is 0 Å². The summed E-state index contributed by atoms with van der Waals surface area (Å²) in [6.07, 6.45) is 3.88. The molecule has 0 aliphatic carbocycles. The molecule has 1 amide bonds. The molecule has 0 saturated carbocycles. The summed E-state index contributed by atoms with van der Waals surface area (Å²) in [5.74, 6) is 4.34. The lowest BCUT2D eigenvalue weighted by Gasteiger charge is -2.12. The number of hydrogen-bond donors (Lipinski definition) is 1. The summed E-state index contributed by atoms with van der Waals surface area (Å²) in [5.41, 5.74) is 0.701. The number of nitrogens with two attached hydrogens (primary N) is 1. The summed E-state index contributed by atoms with van der Waals surface area (Å²) < 4.78 is 24.3. The Kier molecular flexibility index (Phi) is 4.87. The molecule has 2 N–H and O–H groups in total. The third kappa shape index (κ3) is 4.21. The molecule has 1 aromatic carbocycles. The Bertz CT molecular complexity index is 818. The van der Waals surface area contributed by atoms with Gasteiger partial charge in [-0.25, -0.2) is 14.3 Å². The van der Waals surface area contributed by atoms with Gasteiger partial charge < -0.3 is 0 Å². The first-order chi connectivity index (χ1) is 10.8. The van der Waals surface area contributed by atoms with Crippen LogP contribution in [-0.2, 0) is 16.6 Å². The summed E-state index contributed by atoms with van der Waals surface area (Å²) in [5, 5.41) is 0. The van der Waals surface area contributed by atoms with Crippen molar-refractivity contribution in [1.29, 1.82) is 0 Å². The largest absolute Gasteiger partial charge is 0.287 e. The Morgan fingerprint density at radius 1 is 1.04 bits per heavy atom. The van der Waals surface area contributed by atoms with Crippen LogP contribution in [0, 0.1) is 0 Å². The second kappa shape index (κ2) is 6.67. The fraction of sp³-hybridized carbons (Fsp3) is 0.133. The SMILES string of the molecule is CS(=O)(=O)N(N)C(=O)c1cc[n+](CC(=O)c2ccccc2)cc1. The van der Waals surface area contributed by atoms with Gasteiger partial charge in [-0.1, -0.05) is 30.3 Å². The van der Waals surface area contributed by atoms with Crippen molar-refractivity contribution in [3.05, 3.63) is 66.0 Å². The van der Waals surface area contributed by atoms with Crippen LogP contribution in [0.15, 0.2) is 54.9 Å². The summed E-state index contributed by atoms with van der Waals surface area (Å²) >= 11 is 0. The maximum absolute atomic E-state index is 12.1. The second-order valence-electron chi connectivity index (χ2n) is 4.91. The number of ketones is 1. The third-order valence-electron chi connectivity index (χ3n) is 3.12. The van der Waals surface area contributed by atoms with E-state index in [1.807, 2.05) is 6.07 Å². The fourth-order valence-electron chi connectivity index (χ4n) is 1.86. The number of nitrogens with zero attached hydrogens (tertiary/aromatic N) is 2. The minimum Gasteiger partial charge on any atom is -0.287 e. The van der Waals surface area contributed by atoms with E-state index >= 15 is 0 Å². The number of Topliss-reactive ketones (excluding diaryl/α,β-unsaturated/α-hetero) is 1. The van der Waals surface area contributed by atoms with Crippen LogP contribution in [-0.4, -0.2) is 30.8 Å². The lowest BCUT2D eigenvalue weighted by atomic mass is 10.1. The third-order valence-corrected chi connectivity index (χ3v) is 4.00. The van der Waals surface area contributed by atoms with Gasteiger partial charge >= 0.3 is 0 Å². The van der Waals surface area contributed by atoms with Gasteiger partial charge in [-0.3, -0.25) is 9.59 Å². The van der Waals surface area contributed by atoms with E-state index in [-0.39, 0.29) is 22.3 Å². The van der Waals surface area contributed by atoms with E-state index in [4.69, 9.17) is 5.84 Å². The van der Waals surface area contributed by atoms with E-state index < -0.39 is 15.9 Å². The summed E-state index contributed by atoms with van der Waals surface area (Å²) in [6.45, 7) is 0.108. The molecular weight excluding hydrogens is 318 g/mol. The predicted octanol–water partition coefficient (Wildman–Crippen LogP) is 0.133. The van der Waals surface area contributed by atoms with Crippen molar-refractivity contribution in [2.45, 2.75) is 6.54 Å². The van der Waals surface area contributed by atoms with Crippen LogP contribution in [0.4, 0.5) is 0 Å². The molecule has 0 saturated heterocycles. The number of pyridine rings is 1. The Morgan fingerprint density at radius 2 is 1.61 bits per heavy atom. The zero-order chi connectivity index (χ0) is 17.0. The molecule has 1 aromatic heterocycles. The van der Waals surface area contributed by atoms with Gasteiger partial charge in [-0.05, 0) is 0 Å². The fourth-order valence-corrected chi connectivity index (χ4v) is 2.27. The first-order valence-corrected chi connectivity index (χ1v) is 8.50. The molecule has 0 spiro atoms. The standard InChI is InChI=1S/C15H15N3O4S/c1-23(21,22)18(16)15(20)13-7-9-17(10-8-13)11-14(19)12-5-3-2-4-6-12/h2-10,16H,11H2,1H3/p+1. The Balaban J connectivity index is 2.11. The summed E-state index contributed by atoms with van der Waals surface area (Å²) in [7, 11) is -3.81. The van der Waals surface area contributed by atoms with E-state index in [0.29, 0.717) is 5.56 Å². The van der Waals surface area contributed by atoms with Crippen LogP contribution in [0.3, 0.4) is 0 Å². The molecule has 0 fully saturated rings. The van der Waals surface area contributed by atoms with Crippen LogP contribution < -0.4 is 10.4 Å². The number of carbonyl (C=O) groups is 2. The van der Waals surface area contributed by atoms with Gasteiger partial charge in [0.1, 0.15) is 0 Å². The number of aromatic nitrogens is 1. The first kappa shape index (κ1) is 16.8. The molecule has 0 aliphatic rings. The van der Waals surface area contributed by atoms with Gasteiger partial charge in [0.25, 0.3) is 5.91 Å². The number of carbonyl (C=O) groups excluding carboxylic acids is 2. The highest BCUT2D eigenvalue weighted by atomic mass is 32.2. The molecule has 8 heteroatoms. The van der Waals surface area contributed by atoms with Crippen LogP contribution in [0.5, 0.6) is 0 Å². The lowest BCUT2D eigenvalue weighted by Crippen LogP contribution is -2.42. The zero-order valence-corrected chi connectivity index (χ0v) is 13.2. The number of sulfonamides is 1. The highest BCUT2D eigenvalue weighted by Gasteiger charge is 2.22. The topological polar surface area (TPSA) is 101 Å². The number of benzene rings is 1. The van der Waals surface area contributed by atoms with Gasteiger partial charge in [0.05, 0.1) is 11.8 Å². The molecule has 0 radical (unpaired) electrons. The molecule has 23 heavy (non-hydrogen) atoms. The number of hydrogen-bond acceptors (Lipinski definition) is 5. The van der Waals surface area contributed by atoms with Crippen LogP contribution in [0.1, 0.15) is 20.7 Å². The average Bonchev–Trinajstić information content (AvgIpc) is 2.54. The maximum Gasteiger partial charge on any atom is 0.282 e. The van der Waals surface area contributed by atoms with Crippen molar-refractivity contribution < 1.29 is 22.6 Å². The van der Waals surface area contributed by atoms with Crippen molar-refractivity contribution in [1.82, 2.24) is 4.41 Å². The molecule has 2 aromatic rings. The predicted molar refractivity (Wildman–Crippen MR) is 82.6 cm³/mol. The van der Waals surface area contributed by atoms with Crippen molar-refractivity contribution in [3.8, 4) is 0 Å². The maximum atomic E-state index is 12.1. The molecule has 0 unspecified atom stereocenters. The van der Waals surface area contributed by atoms with E-state index in [0.717, 1.165) is 6.26 Å². The molecule has 0 atom stereocenters. The Hall–Kier alpha value is -2.58. The van der Waals surface area contributed by atoms with E-state index in [1.165, 1.54) is 24.5 Å². The van der Waals surface area contributed by atoms with Gasteiger partial charge in [-0.15, -0.1) is 0 Å². The number of amides is 1. The molecule has 1 heterocycles. The van der Waals surface area contributed by atoms with Gasteiger partial charge in [0.15, 0.2) is 12.4 Å². The van der Waals surface area contributed by atoms with Crippen molar-refractivity contribution in [2.75, 3.05) is 6.26 Å². The number of rotatable bonds is 5. The van der Waals surface area contributed by atoms with Crippen LogP contribution in [0.2, 0.25) is 0 Å². The summed E-state index contributed by atoms with van der Waals surface area (Å²) in [6, 6.07) is 11.6. The van der Waals surface area contributed by atoms with Gasteiger partial charge in [0, 0.05) is 17.7 Å². The van der Waals surface area contributed by atoms with Crippen molar-refractivity contribution in [2.24, 2.45) is 5.84 Å². The van der Waals surface area contributed by atoms with Crippen molar-refractivity contribution >= 4 is 21.7 Å². The highest BCUT2D eigenvalue weighted by Crippen LogP contribution is 2.04. The summed E-state index contributed by atoms with van der Waals surface area (Å²) in [4.78, 5) is 24.0. The number of hydrazine groups is 1. The van der Waals surface area contributed by atoms with Gasteiger partial charge in [-0.2, -0.15) is 8.98 Å². The Morgan fingerprint density at radius 3 is 2.13 bits per heavy atom. The molecule has 0 bridgehead atoms. The lowest BCUT2D eigenvalue weighted by molar-refractivity contribution is -0.683. The van der Waals surface area contributed by atoms with Crippen LogP contribution >= 0.6 is 0 Å². The van der Waals surface area contributed by atoms with E-state index in [9.17, 15) is 18.0 Å². The second-order valence-corrected chi connectivity index (χ2v) is 6.77. The normalized spacial score (nSPS) is 11.0. The van der Waals surface area contributed by atoms with Gasteiger partial charge in [0.2, 0.25) is 22.4 Å². The molecule has 120 valence electrons. The minimum absolute atomic E-state index is 0.0775. The molecule has 7 nitrogen and oxygen atoms in total. The molecular formula is C15H16N3O4S+. The zero-order valence-electron chi connectivity index (χ0n) is 12.4. The average molecular weight is 334 g/mol. The minimum atomic E-state index is -3.81. The first-order valence-electron chi connectivity index (χ1n) is 6.66. The Labute approximate surface area is 134 Å².